The first-order valence-corrected chi connectivity index (χ1v) is 9.02. The Hall–Kier alpha value is -3.05. The number of carbonyl (C=O) groups excluding carboxylic acids is 5. The van der Waals surface area contributed by atoms with E-state index in [1.54, 1.807) is 12.1 Å². The number of para-hydroxylation sites is 1. The first-order chi connectivity index (χ1) is 13.1. The zero-order valence-electron chi connectivity index (χ0n) is 14.2. The number of thiocarbonyl (C=S) groups is 1. The number of thioether (sulfide) groups is 1. The van der Waals surface area contributed by atoms with E-state index in [1.807, 2.05) is 0 Å². The number of rotatable bonds is 4. The topological polar surface area (TPSA) is 138 Å². The fourth-order valence-corrected chi connectivity index (χ4v) is 4.41. The molecule has 3 rings (SSSR count). The summed E-state index contributed by atoms with van der Waals surface area (Å²) in [6.07, 6.45) is -1.03. The third-order valence-electron chi connectivity index (χ3n) is 4.12. The van der Waals surface area contributed by atoms with E-state index >= 15 is 0 Å². The molecular formula is C17H10N2O7S2-2. The van der Waals surface area contributed by atoms with Crippen molar-refractivity contribution in [3.05, 3.63) is 34.7 Å². The number of nitrogens with zero attached hydrogens (tertiary/aromatic N) is 2. The second-order valence-corrected chi connectivity index (χ2v) is 7.48. The summed E-state index contributed by atoms with van der Waals surface area (Å²) < 4.78 is -0.241. The summed E-state index contributed by atoms with van der Waals surface area (Å²) in [7, 11) is 0. The lowest BCUT2D eigenvalue weighted by atomic mass is 10.1. The maximum absolute atomic E-state index is 12.9. The first kappa shape index (κ1) is 19.7. The Balaban J connectivity index is 2.13. The Morgan fingerprint density at radius 3 is 2.36 bits per heavy atom. The second-order valence-electron chi connectivity index (χ2n) is 5.83. The van der Waals surface area contributed by atoms with E-state index in [-0.39, 0.29) is 20.5 Å². The summed E-state index contributed by atoms with van der Waals surface area (Å²) in [4.78, 5) is 61.1. The van der Waals surface area contributed by atoms with Crippen molar-refractivity contribution < 1.29 is 34.2 Å². The fourth-order valence-electron chi connectivity index (χ4n) is 2.99. The zero-order valence-corrected chi connectivity index (χ0v) is 15.8. The van der Waals surface area contributed by atoms with Crippen LogP contribution in [-0.4, -0.2) is 44.9 Å². The number of fused-ring (bicyclic) bond motifs is 1. The van der Waals surface area contributed by atoms with Crippen molar-refractivity contribution >= 4 is 69.2 Å². The molecule has 9 nitrogen and oxygen atoms in total. The monoisotopic (exact) mass is 418 g/mol. The molecule has 0 bridgehead atoms. The van der Waals surface area contributed by atoms with Crippen LogP contribution in [0, 0.1) is 0 Å². The molecule has 0 aliphatic carbocycles. The molecule has 1 saturated heterocycles. The SMILES string of the molecule is CC(=O)N1C(=O)C(=C2SC(=S)N(C(CC(=O)[O-])C(=O)[O-])C2=O)c2ccccc21. The molecule has 3 amide bonds. The molecule has 0 spiro atoms. The number of benzene rings is 1. The number of anilines is 1. The van der Waals surface area contributed by atoms with Crippen molar-refractivity contribution in [2.75, 3.05) is 4.90 Å². The van der Waals surface area contributed by atoms with Crippen LogP contribution in [0.1, 0.15) is 18.9 Å². The fraction of sp³-hybridized carbons (Fsp3) is 0.176. The lowest BCUT2D eigenvalue weighted by molar-refractivity contribution is -0.319. The van der Waals surface area contributed by atoms with Gasteiger partial charge in [-0.15, -0.1) is 0 Å². The summed E-state index contributed by atoms with van der Waals surface area (Å²) >= 11 is 5.69. The molecule has 1 aromatic carbocycles. The predicted molar refractivity (Wildman–Crippen MR) is 97.0 cm³/mol. The van der Waals surface area contributed by atoms with Gasteiger partial charge in [-0.25, -0.2) is 4.90 Å². The van der Waals surface area contributed by atoms with Gasteiger partial charge in [-0.05, 0) is 6.07 Å². The van der Waals surface area contributed by atoms with E-state index in [0.29, 0.717) is 22.2 Å². The van der Waals surface area contributed by atoms with Crippen molar-refractivity contribution in [1.82, 2.24) is 4.90 Å². The lowest BCUT2D eigenvalue weighted by Crippen LogP contribution is -2.52. The van der Waals surface area contributed by atoms with E-state index < -0.39 is 42.1 Å². The van der Waals surface area contributed by atoms with Gasteiger partial charge in [0.2, 0.25) is 5.91 Å². The largest absolute Gasteiger partial charge is 0.550 e. The summed E-state index contributed by atoms with van der Waals surface area (Å²) in [6, 6.07) is 4.41. The van der Waals surface area contributed by atoms with Crippen LogP contribution in [0.2, 0.25) is 0 Å². The summed E-state index contributed by atoms with van der Waals surface area (Å²) in [5, 5.41) is 22.2. The summed E-state index contributed by atoms with van der Waals surface area (Å²) in [5.41, 5.74) is 0.496. The Morgan fingerprint density at radius 1 is 1.14 bits per heavy atom. The number of hydrogen-bond acceptors (Lipinski definition) is 9. The third-order valence-corrected chi connectivity index (χ3v) is 5.52. The zero-order chi connectivity index (χ0) is 20.7. The van der Waals surface area contributed by atoms with E-state index in [9.17, 15) is 34.2 Å². The van der Waals surface area contributed by atoms with Crippen LogP contribution in [0.3, 0.4) is 0 Å². The van der Waals surface area contributed by atoms with Crippen molar-refractivity contribution in [2.45, 2.75) is 19.4 Å². The van der Waals surface area contributed by atoms with Crippen molar-refractivity contribution in [2.24, 2.45) is 0 Å². The van der Waals surface area contributed by atoms with Crippen LogP contribution in [0.4, 0.5) is 5.69 Å². The van der Waals surface area contributed by atoms with Crippen LogP contribution >= 0.6 is 24.0 Å². The Morgan fingerprint density at radius 2 is 1.79 bits per heavy atom. The Bertz CT molecular complexity index is 1000. The minimum atomic E-state index is -1.88. The molecule has 0 saturated carbocycles. The van der Waals surface area contributed by atoms with Crippen LogP contribution < -0.4 is 15.1 Å². The second kappa shape index (κ2) is 7.17. The normalized spacial score (nSPS) is 19.8. The molecule has 2 aliphatic rings. The highest BCUT2D eigenvalue weighted by atomic mass is 32.2. The molecule has 144 valence electrons. The van der Waals surface area contributed by atoms with E-state index in [1.165, 1.54) is 19.1 Å². The van der Waals surface area contributed by atoms with Gasteiger partial charge in [-0.3, -0.25) is 19.3 Å². The minimum Gasteiger partial charge on any atom is -0.550 e. The Kier molecular flexibility index (Phi) is 5.04. The van der Waals surface area contributed by atoms with E-state index in [4.69, 9.17) is 12.2 Å². The molecule has 1 unspecified atom stereocenters. The summed E-state index contributed by atoms with van der Waals surface area (Å²) in [6.45, 7) is 1.19. The average Bonchev–Trinajstić information content (AvgIpc) is 3.05. The standard InChI is InChI=1S/C17H12N2O7S2/c1-7(20)18-9-5-3-2-4-8(9)12(14(18)23)13-15(24)19(17(27)28-13)10(16(25)26)6-11(21)22/h2-5,10H,6H2,1H3,(H,21,22)(H,25,26)/p-2. The van der Waals surface area contributed by atoms with Crippen molar-refractivity contribution in [3.63, 3.8) is 0 Å². The molecule has 2 aliphatic heterocycles. The van der Waals surface area contributed by atoms with Crippen LogP contribution in [0.25, 0.3) is 5.57 Å². The van der Waals surface area contributed by atoms with Gasteiger partial charge in [0.1, 0.15) is 4.32 Å². The molecule has 0 N–H and O–H groups in total. The van der Waals surface area contributed by atoms with Gasteiger partial charge in [0.15, 0.2) is 0 Å². The third kappa shape index (κ3) is 3.08. The maximum atomic E-state index is 12.9. The molecule has 0 aromatic heterocycles. The van der Waals surface area contributed by atoms with Gasteiger partial charge in [0.25, 0.3) is 11.8 Å². The van der Waals surface area contributed by atoms with Crippen LogP contribution in [-0.2, 0) is 24.0 Å². The number of imide groups is 1. The molecule has 11 heteroatoms. The van der Waals surface area contributed by atoms with E-state index in [0.717, 1.165) is 4.90 Å². The molecule has 1 fully saturated rings. The number of hydrogen-bond donors (Lipinski definition) is 0. The van der Waals surface area contributed by atoms with Gasteiger partial charge >= 0.3 is 0 Å². The van der Waals surface area contributed by atoms with Gasteiger partial charge in [-0.2, -0.15) is 0 Å². The molecule has 0 radical (unpaired) electrons. The number of amides is 3. The van der Waals surface area contributed by atoms with Crippen molar-refractivity contribution in [3.8, 4) is 0 Å². The molecular weight excluding hydrogens is 408 g/mol. The predicted octanol–water partition coefficient (Wildman–Crippen LogP) is -1.59. The molecule has 28 heavy (non-hydrogen) atoms. The first-order valence-electron chi connectivity index (χ1n) is 7.80. The van der Waals surface area contributed by atoms with E-state index in [2.05, 4.69) is 0 Å². The summed E-state index contributed by atoms with van der Waals surface area (Å²) in [5.74, 6) is -5.79. The van der Waals surface area contributed by atoms with Gasteiger partial charge < -0.3 is 19.8 Å². The van der Waals surface area contributed by atoms with Crippen LogP contribution in [0.5, 0.6) is 0 Å². The average molecular weight is 418 g/mol. The van der Waals surface area contributed by atoms with Gasteiger partial charge in [-0.1, -0.05) is 42.2 Å². The minimum absolute atomic E-state index is 0.101. The van der Waals surface area contributed by atoms with Crippen LogP contribution in [0.15, 0.2) is 29.2 Å². The van der Waals surface area contributed by atoms with Gasteiger partial charge in [0, 0.05) is 24.9 Å². The molecule has 1 atom stereocenters. The number of carboxylic acids is 2. The number of carboxylic acid groups (broad SMARTS) is 2. The molecule has 1 aromatic rings. The maximum Gasteiger partial charge on any atom is 0.267 e. The lowest BCUT2D eigenvalue weighted by Gasteiger charge is -2.27. The number of carbonyl (C=O) groups is 5. The number of aliphatic carboxylic acids is 2. The quantitative estimate of drug-likeness (QED) is 0.418. The highest BCUT2D eigenvalue weighted by molar-refractivity contribution is 8.26. The smallest absolute Gasteiger partial charge is 0.267 e. The van der Waals surface area contributed by atoms with Crippen molar-refractivity contribution in [1.29, 1.82) is 0 Å². The molecule has 2 heterocycles. The highest BCUT2D eigenvalue weighted by Crippen LogP contribution is 2.45. The highest BCUT2D eigenvalue weighted by Gasteiger charge is 2.45. The Labute approximate surface area is 167 Å². The van der Waals surface area contributed by atoms with Gasteiger partial charge in [0.05, 0.1) is 28.2 Å².